The first-order valence-electron chi connectivity index (χ1n) is 6.14. The SMILES string of the molecule is CCCC(CN)NC(=O)CCc1cccnc1. The molecular formula is C13H21N3O. The molecule has 17 heavy (non-hydrogen) atoms. The van der Waals surface area contributed by atoms with Crippen molar-refractivity contribution in [3.05, 3.63) is 30.1 Å². The lowest BCUT2D eigenvalue weighted by Gasteiger charge is -2.15. The molecule has 1 aromatic heterocycles. The van der Waals surface area contributed by atoms with Gasteiger partial charge in [0.15, 0.2) is 0 Å². The van der Waals surface area contributed by atoms with Crippen LogP contribution in [0.5, 0.6) is 0 Å². The molecule has 0 saturated carbocycles. The number of hydrogen-bond acceptors (Lipinski definition) is 3. The normalized spacial score (nSPS) is 12.1. The minimum absolute atomic E-state index is 0.0674. The second kappa shape index (κ2) is 7.79. The zero-order valence-corrected chi connectivity index (χ0v) is 10.4. The van der Waals surface area contributed by atoms with E-state index in [4.69, 9.17) is 5.73 Å². The molecule has 0 aliphatic heterocycles. The first-order valence-corrected chi connectivity index (χ1v) is 6.14. The molecule has 4 heteroatoms. The van der Waals surface area contributed by atoms with E-state index in [-0.39, 0.29) is 11.9 Å². The van der Waals surface area contributed by atoms with Gasteiger partial charge in [-0.2, -0.15) is 0 Å². The predicted molar refractivity (Wildman–Crippen MR) is 68.5 cm³/mol. The molecular weight excluding hydrogens is 214 g/mol. The monoisotopic (exact) mass is 235 g/mol. The quantitative estimate of drug-likeness (QED) is 0.747. The van der Waals surface area contributed by atoms with Crippen molar-refractivity contribution in [1.29, 1.82) is 0 Å². The molecule has 1 aromatic rings. The van der Waals surface area contributed by atoms with Crippen LogP contribution in [0.1, 0.15) is 31.7 Å². The lowest BCUT2D eigenvalue weighted by Crippen LogP contribution is -2.40. The lowest BCUT2D eigenvalue weighted by molar-refractivity contribution is -0.121. The molecule has 0 aliphatic carbocycles. The lowest BCUT2D eigenvalue weighted by atomic mass is 10.1. The van der Waals surface area contributed by atoms with Gasteiger partial charge in [-0.15, -0.1) is 0 Å². The molecule has 1 rings (SSSR count). The highest BCUT2D eigenvalue weighted by Gasteiger charge is 2.09. The van der Waals surface area contributed by atoms with Crippen LogP contribution in [0.2, 0.25) is 0 Å². The van der Waals surface area contributed by atoms with Crippen molar-refractivity contribution < 1.29 is 4.79 Å². The van der Waals surface area contributed by atoms with Crippen LogP contribution in [0.15, 0.2) is 24.5 Å². The number of amides is 1. The van der Waals surface area contributed by atoms with Crippen molar-refractivity contribution >= 4 is 5.91 Å². The number of carbonyl (C=O) groups excluding carboxylic acids is 1. The summed E-state index contributed by atoms with van der Waals surface area (Å²) >= 11 is 0. The van der Waals surface area contributed by atoms with Crippen LogP contribution in [0.25, 0.3) is 0 Å². The Morgan fingerprint density at radius 2 is 2.41 bits per heavy atom. The van der Waals surface area contributed by atoms with Crippen molar-refractivity contribution in [3.8, 4) is 0 Å². The predicted octanol–water partition coefficient (Wildman–Crippen LogP) is 1.26. The van der Waals surface area contributed by atoms with Crippen molar-refractivity contribution in [1.82, 2.24) is 10.3 Å². The van der Waals surface area contributed by atoms with Crippen molar-refractivity contribution in [3.63, 3.8) is 0 Å². The molecule has 3 N–H and O–H groups in total. The first-order chi connectivity index (χ1) is 8.26. The summed E-state index contributed by atoms with van der Waals surface area (Å²) in [6.07, 6.45) is 6.71. The van der Waals surface area contributed by atoms with Gasteiger partial charge in [0, 0.05) is 31.4 Å². The van der Waals surface area contributed by atoms with Crippen LogP contribution in [-0.4, -0.2) is 23.5 Å². The van der Waals surface area contributed by atoms with Gasteiger partial charge >= 0.3 is 0 Å². The van der Waals surface area contributed by atoms with Crippen LogP contribution in [0, 0.1) is 0 Å². The Morgan fingerprint density at radius 3 is 3.00 bits per heavy atom. The largest absolute Gasteiger partial charge is 0.352 e. The van der Waals surface area contributed by atoms with E-state index in [0.717, 1.165) is 24.8 Å². The summed E-state index contributed by atoms with van der Waals surface area (Å²) in [4.78, 5) is 15.7. The molecule has 94 valence electrons. The Labute approximate surface area is 103 Å². The molecule has 0 saturated heterocycles. The zero-order valence-electron chi connectivity index (χ0n) is 10.4. The fraction of sp³-hybridized carbons (Fsp3) is 0.538. The molecule has 1 heterocycles. The van der Waals surface area contributed by atoms with E-state index in [9.17, 15) is 4.79 Å². The van der Waals surface area contributed by atoms with Gasteiger partial charge < -0.3 is 11.1 Å². The highest BCUT2D eigenvalue weighted by atomic mass is 16.1. The smallest absolute Gasteiger partial charge is 0.220 e. The molecule has 0 aliphatic rings. The van der Waals surface area contributed by atoms with Gasteiger partial charge in [-0.05, 0) is 24.5 Å². The van der Waals surface area contributed by atoms with Gasteiger partial charge in [0.1, 0.15) is 0 Å². The molecule has 1 atom stereocenters. The van der Waals surface area contributed by atoms with Gasteiger partial charge in [-0.1, -0.05) is 19.4 Å². The van der Waals surface area contributed by atoms with Gasteiger partial charge in [-0.3, -0.25) is 9.78 Å². The van der Waals surface area contributed by atoms with Crippen LogP contribution in [-0.2, 0) is 11.2 Å². The topological polar surface area (TPSA) is 68.0 Å². The summed E-state index contributed by atoms with van der Waals surface area (Å²) in [5.41, 5.74) is 6.68. The number of pyridine rings is 1. The van der Waals surface area contributed by atoms with Gasteiger partial charge in [0.2, 0.25) is 5.91 Å². The minimum Gasteiger partial charge on any atom is -0.352 e. The summed E-state index contributed by atoms with van der Waals surface area (Å²) in [6, 6.07) is 3.97. The standard InChI is InChI=1S/C13H21N3O/c1-2-4-12(9-14)16-13(17)7-6-11-5-3-8-15-10-11/h3,5,8,10,12H,2,4,6-7,9,14H2,1H3,(H,16,17). The molecule has 0 radical (unpaired) electrons. The zero-order chi connectivity index (χ0) is 12.5. The second-order valence-electron chi connectivity index (χ2n) is 4.15. The average Bonchev–Trinajstić information content (AvgIpc) is 2.37. The van der Waals surface area contributed by atoms with Crippen molar-refractivity contribution in [2.45, 2.75) is 38.6 Å². The summed E-state index contributed by atoms with van der Waals surface area (Å²) in [5, 5.41) is 2.95. The molecule has 0 fully saturated rings. The molecule has 0 aromatic carbocycles. The summed E-state index contributed by atoms with van der Waals surface area (Å²) in [5.74, 6) is 0.0674. The van der Waals surface area contributed by atoms with E-state index in [1.807, 2.05) is 12.1 Å². The van der Waals surface area contributed by atoms with E-state index >= 15 is 0 Å². The van der Waals surface area contributed by atoms with E-state index in [1.165, 1.54) is 0 Å². The third-order valence-corrected chi connectivity index (χ3v) is 2.65. The maximum atomic E-state index is 11.7. The summed E-state index contributed by atoms with van der Waals surface area (Å²) in [6.45, 7) is 2.59. The molecule has 0 spiro atoms. The number of nitrogens with zero attached hydrogens (tertiary/aromatic N) is 1. The maximum Gasteiger partial charge on any atom is 0.220 e. The second-order valence-corrected chi connectivity index (χ2v) is 4.15. The van der Waals surface area contributed by atoms with Crippen LogP contribution < -0.4 is 11.1 Å². The summed E-state index contributed by atoms with van der Waals surface area (Å²) in [7, 11) is 0. The van der Waals surface area contributed by atoms with E-state index in [1.54, 1.807) is 12.4 Å². The Kier molecular flexibility index (Phi) is 6.25. The Hall–Kier alpha value is -1.42. The number of nitrogens with one attached hydrogen (secondary N) is 1. The Morgan fingerprint density at radius 1 is 1.59 bits per heavy atom. The Bertz CT molecular complexity index is 327. The third kappa shape index (κ3) is 5.45. The van der Waals surface area contributed by atoms with Gasteiger partial charge in [0.05, 0.1) is 0 Å². The van der Waals surface area contributed by atoms with E-state index < -0.39 is 0 Å². The highest BCUT2D eigenvalue weighted by Crippen LogP contribution is 2.01. The minimum atomic E-state index is 0.0674. The fourth-order valence-corrected chi connectivity index (χ4v) is 1.70. The Balaban J connectivity index is 2.30. The average molecular weight is 235 g/mol. The van der Waals surface area contributed by atoms with Gasteiger partial charge in [0.25, 0.3) is 0 Å². The van der Waals surface area contributed by atoms with Crippen molar-refractivity contribution in [2.24, 2.45) is 5.73 Å². The number of aryl methyl sites for hydroxylation is 1. The molecule has 1 unspecified atom stereocenters. The number of carbonyl (C=O) groups is 1. The third-order valence-electron chi connectivity index (χ3n) is 2.65. The first kappa shape index (κ1) is 13.6. The summed E-state index contributed by atoms with van der Waals surface area (Å²) < 4.78 is 0. The molecule has 0 bridgehead atoms. The number of rotatable bonds is 7. The van der Waals surface area contributed by atoms with Crippen LogP contribution in [0.4, 0.5) is 0 Å². The molecule has 4 nitrogen and oxygen atoms in total. The van der Waals surface area contributed by atoms with Crippen molar-refractivity contribution in [2.75, 3.05) is 6.54 Å². The number of nitrogens with two attached hydrogens (primary N) is 1. The number of hydrogen-bond donors (Lipinski definition) is 2. The van der Waals surface area contributed by atoms with Gasteiger partial charge in [-0.25, -0.2) is 0 Å². The van der Waals surface area contributed by atoms with E-state index in [0.29, 0.717) is 13.0 Å². The maximum absolute atomic E-state index is 11.7. The highest BCUT2D eigenvalue weighted by molar-refractivity contribution is 5.76. The number of aromatic nitrogens is 1. The van der Waals surface area contributed by atoms with Crippen LogP contribution >= 0.6 is 0 Å². The molecule has 1 amide bonds. The fourth-order valence-electron chi connectivity index (χ4n) is 1.70. The van der Waals surface area contributed by atoms with E-state index in [2.05, 4.69) is 17.2 Å². The van der Waals surface area contributed by atoms with Crippen LogP contribution in [0.3, 0.4) is 0 Å².